The van der Waals surface area contributed by atoms with Gasteiger partial charge in [-0.3, -0.25) is 24.6 Å². The van der Waals surface area contributed by atoms with E-state index in [0.29, 0.717) is 17.9 Å². The van der Waals surface area contributed by atoms with Crippen LogP contribution in [-0.4, -0.2) is 39.3 Å². The lowest BCUT2D eigenvalue weighted by Gasteiger charge is -2.23. The number of hydrogen-bond donors (Lipinski definition) is 1. The SMILES string of the molecule is CCOC(=O)c1sc(N2C(=O)C(=O)/C(=C(/O)c3ccc(OCc4ccccc4)c(C)c3)[C@H]2c2cccc([N+](=O)[O-])c2)nc1C. The number of carbonyl (C=O) groups is 3. The smallest absolute Gasteiger partial charge is 0.350 e. The number of hydrogen-bond acceptors (Lipinski definition) is 10. The number of amides is 1. The highest BCUT2D eigenvalue weighted by molar-refractivity contribution is 7.17. The second-order valence-corrected chi connectivity index (χ2v) is 10.9. The van der Waals surface area contributed by atoms with E-state index in [1.165, 1.54) is 24.3 Å². The molecule has 1 aliphatic heterocycles. The van der Waals surface area contributed by atoms with Gasteiger partial charge in [0.1, 0.15) is 23.0 Å². The lowest BCUT2D eigenvalue weighted by Crippen LogP contribution is -2.29. The summed E-state index contributed by atoms with van der Waals surface area (Å²) in [5.74, 6) is -2.56. The molecule has 0 spiro atoms. The van der Waals surface area contributed by atoms with Gasteiger partial charge in [0.05, 0.1) is 28.8 Å². The van der Waals surface area contributed by atoms with Crippen molar-refractivity contribution in [2.45, 2.75) is 33.4 Å². The first-order valence-corrected chi connectivity index (χ1v) is 14.4. The van der Waals surface area contributed by atoms with Crippen LogP contribution in [0.25, 0.3) is 5.76 Å². The second-order valence-electron chi connectivity index (χ2n) is 9.91. The molecule has 11 nitrogen and oxygen atoms in total. The van der Waals surface area contributed by atoms with Crippen molar-refractivity contribution < 1.29 is 33.9 Å². The number of aromatic nitrogens is 1. The highest BCUT2D eigenvalue weighted by Crippen LogP contribution is 2.44. The van der Waals surface area contributed by atoms with Gasteiger partial charge in [-0.1, -0.05) is 53.8 Å². The van der Waals surface area contributed by atoms with Gasteiger partial charge in [-0.25, -0.2) is 9.78 Å². The van der Waals surface area contributed by atoms with Crippen LogP contribution in [0.15, 0.2) is 78.4 Å². The summed E-state index contributed by atoms with van der Waals surface area (Å²) in [5, 5.41) is 23.1. The molecule has 1 saturated heterocycles. The first-order valence-electron chi connectivity index (χ1n) is 13.6. The van der Waals surface area contributed by atoms with Gasteiger partial charge in [-0.05, 0) is 55.7 Å². The maximum atomic E-state index is 13.6. The third-order valence-electron chi connectivity index (χ3n) is 6.98. The van der Waals surface area contributed by atoms with Crippen molar-refractivity contribution >= 4 is 45.6 Å². The standard InChI is InChI=1S/C32H27N3O8S/c1-4-42-31(39)29-19(3)33-32(44-29)34-26(21-11-8-12-23(16-21)35(40)41)25(28(37)30(34)38)27(36)22-13-14-24(18(2)15-22)43-17-20-9-6-5-7-10-20/h5-16,26,36H,4,17H2,1-3H3/b27-25+/t26-/m1/s1. The molecule has 1 atom stereocenters. The van der Waals surface area contributed by atoms with E-state index in [9.17, 15) is 29.6 Å². The van der Waals surface area contributed by atoms with Gasteiger partial charge in [-0.2, -0.15) is 0 Å². The molecule has 1 N–H and O–H groups in total. The molecule has 224 valence electrons. The molecule has 1 aromatic heterocycles. The largest absolute Gasteiger partial charge is 0.507 e. The van der Waals surface area contributed by atoms with Crippen LogP contribution in [0, 0.1) is 24.0 Å². The summed E-state index contributed by atoms with van der Waals surface area (Å²) in [7, 11) is 0. The minimum absolute atomic E-state index is 0.00375. The highest BCUT2D eigenvalue weighted by Gasteiger charge is 2.48. The first kappa shape index (κ1) is 30.1. The summed E-state index contributed by atoms with van der Waals surface area (Å²) in [6.07, 6.45) is 0. The number of benzene rings is 3. The van der Waals surface area contributed by atoms with Crippen LogP contribution < -0.4 is 9.64 Å². The van der Waals surface area contributed by atoms with Gasteiger partial charge in [0.2, 0.25) is 0 Å². The molecular weight excluding hydrogens is 586 g/mol. The normalized spacial score (nSPS) is 15.8. The van der Waals surface area contributed by atoms with Crippen molar-refractivity contribution in [2.24, 2.45) is 0 Å². The number of Topliss-reactive ketones (excluding diaryl/α,β-unsaturated/α-hetero) is 1. The van der Waals surface area contributed by atoms with E-state index in [-0.39, 0.29) is 44.7 Å². The fraction of sp³-hybridized carbons (Fsp3) is 0.188. The molecule has 0 aliphatic carbocycles. The molecule has 5 rings (SSSR count). The molecule has 1 fully saturated rings. The van der Waals surface area contributed by atoms with Gasteiger partial charge >= 0.3 is 11.9 Å². The average Bonchev–Trinajstić information content (AvgIpc) is 3.53. The number of thiazole rings is 1. The lowest BCUT2D eigenvalue weighted by atomic mass is 9.94. The number of ether oxygens (including phenoxy) is 2. The Morgan fingerprint density at radius 1 is 1.07 bits per heavy atom. The number of carbonyl (C=O) groups excluding carboxylic acids is 3. The zero-order chi connectivity index (χ0) is 31.5. The predicted octanol–water partition coefficient (Wildman–Crippen LogP) is 6.05. The maximum absolute atomic E-state index is 13.6. The highest BCUT2D eigenvalue weighted by atomic mass is 32.1. The molecule has 0 saturated carbocycles. The summed E-state index contributed by atoms with van der Waals surface area (Å²) in [6.45, 7) is 5.45. The van der Waals surface area contributed by atoms with E-state index >= 15 is 0 Å². The first-order chi connectivity index (χ1) is 21.1. The number of esters is 1. The molecule has 1 aliphatic rings. The fourth-order valence-electron chi connectivity index (χ4n) is 4.87. The Balaban J connectivity index is 1.60. The summed E-state index contributed by atoms with van der Waals surface area (Å²) < 4.78 is 11.0. The average molecular weight is 614 g/mol. The molecule has 3 aromatic carbocycles. The van der Waals surface area contributed by atoms with Gasteiger partial charge in [0.25, 0.3) is 11.5 Å². The summed E-state index contributed by atoms with van der Waals surface area (Å²) >= 11 is 0.850. The number of anilines is 1. The Morgan fingerprint density at radius 3 is 2.50 bits per heavy atom. The van der Waals surface area contributed by atoms with Gasteiger partial charge in [0.15, 0.2) is 5.13 Å². The number of rotatable bonds is 9. The molecular formula is C32H27N3O8S. The Morgan fingerprint density at radius 2 is 1.82 bits per heavy atom. The lowest BCUT2D eigenvalue weighted by molar-refractivity contribution is -0.384. The van der Waals surface area contributed by atoms with E-state index in [0.717, 1.165) is 21.8 Å². The van der Waals surface area contributed by atoms with Crippen LogP contribution in [0.3, 0.4) is 0 Å². The number of aliphatic hydroxyl groups excluding tert-OH is 1. The Hall–Kier alpha value is -5.36. The van der Waals surface area contributed by atoms with E-state index in [1.54, 1.807) is 39.0 Å². The summed E-state index contributed by atoms with van der Waals surface area (Å²) in [6, 6.07) is 18.6. The molecule has 0 radical (unpaired) electrons. The van der Waals surface area contributed by atoms with Crippen molar-refractivity contribution in [3.05, 3.63) is 121 Å². The van der Waals surface area contributed by atoms with Crippen molar-refractivity contribution in [1.29, 1.82) is 0 Å². The molecule has 0 unspecified atom stereocenters. The molecule has 1 amide bonds. The Bertz CT molecular complexity index is 1820. The summed E-state index contributed by atoms with van der Waals surface area (Å²) in [4.78, 5) is 56.2. The topological polar surface area (TPSA) is 149 Å². The minimum atomic E-state index is -1.27. The third kappa shape index (κ3) is 5.79. The van der Waals surface area contributed by atoms with E-state index in [4.69, 9.17) is 9.47 Å². The van der Waals surface area contributed by atoms with Crippen LogP contribution in [0.5, 0.6) is 5.75 Å². The number of aryl methyl sites for hydroxylation is 2. The van der Waals surface area contributed by atoms with Crippen molar-refractivity contribution in [1.82, 2.24) is 4.98 Å². The minimum Gasteiger partial charge on any atom is -0.507 e. The van der Waals surface area contributed by atoms with Crippen LogP contribution in [-0.2, 0) is 20.9 Å². The van der Waals surface area contributed by atoms with Gasteiger partial charge < -0.3 is 14.6 Å². The Labute approximate surface area is 256 Å². The number of ketones is 1. The molecule has 4 aromatic rings. The van der Waals surface area contributed by atoms with Gasteiger partial charge in [-0.15, -0.1) is 0 Å². The zero-order valence-corrected chi connectivity index (χ0v) is 24.8. The third-order valence-corrected chi connectivity index (χ3v) is 8.12. The van der Waals surface area contributed by atoms with Crippen molar-refractivity contribution in [2.75, 3.05) is 11.5 Å². The van der Waals surface area contributed by atoms with E-state index in [2.05, 4.69) is 4.98 Å². The zero-order valence-electron chi connectivity index (χ0n) is 24.0. The van der Waals surface area contributed by atoms with E-state index < -0.39 is 34.4 Å². The van der Waals surface area contributed by atoms with Crippen molar-refractivity contribution in [3.63, 3.8) is 0 Å². The number of nitrogens with zero attached hydrogens (tertiary/aromatic N) is 3. The number of nitro benzene ring substituents is 1. The number of aliphatic hydroxyl groups is 1. The van der Waals surface area contributed by atoms with E-state index in [1.807, 2.05) is 30.3 Å². The number of non-ortho nitro benzene ring substituents is 1. The summed E-state index contributed by atoms with van der Waals surface area (Å²) in [5.41, 5.74) is 1.81. The van der Waals surface area contributed by atoms with Crippen molar-refractivity contribution in [3.8, 4) is 5.75 Å². The number of nitro groups is 1. The fourth-order valence-corrected chi connectivity index (χ4v) is 5.86. The van der Waals surface area contributed by atoms with Crippen LogP contribution in [0.4, 0.5) is 10.8 Å². The quantitative estimate of drug-likeness (QED) is 0.0594. The molecule has 2 heterocycles. The second kappa shape index (κ2) is 12.5. The van der Waals surface area contributed by atoms with Crippen LogP contribution in [0.1, 0.15) is 50.6 Å². The molecule has 44 heavy (non-hydrogen) atoms. The van der Waals surface area contributed by atoms with Gasteiger partial charge in [0, 0.05) is 17.7 Å². The maximum Gasteiger partial charge on any atom is 0.350 e. The van der Waals surface area contributed by atoms with Crippen LogP contribution >= 0.6 is 11.3 Å². The predicted molar refractivity (Wildman–Crippen MR) is 163 cm³/mol. The Kier molecular flexibility index (Phi) is 8.54. The molecule has 12 heteroatoms. The van der Waals surface area contributed by atoms with Crippen LogP contribution in [0.2, 0.25) is 0 Å². The molecule has 0 bridgehead atoms. The monoisotopic (exact) mass is 613 g/mol.